The largest absolute Gasteiger partial charge is 0.308 e. The minimum absolute atomic E-state index is 0.0432. The normalized spacial score (nSPS) is 11.2. The summed E-state index contributed by atoms with van der Waals surface area (Å²) in [7, 11) is 0. The average molecular weight is 375 g/mol. The van der Waals surface area contributed by atoms with Crippen molar-refractivity contribution >= 4 is 44.1 Å². The quantitative estimate of drug-likeness (QED) is 0.440. The van der Waals surface area contributed by atoms with Gasteiger partial charge in [0.2, 0.25) is 0 Å². The lowest BCUT2D eigenvalue weighted by Crippen LogP contribution is -2.30. The highest BCUT2D eigenvalue weighted by Gasteiger charge is 2.20. The van der Waals surface area contributed by atoms with Crippen LogP contribution in [-0.4, -0.2) is 17.4 Å². The number of hydrogen-bond acceptors (Lipinski definition) is 3. The molecule has 2 aromatic heterocycles. The maximum Gasteiger partial charge on any atom is 0.268 e. The third-order valence-corrected chi connectivity index (χ3v) is 5.93. The van der Waals surface area contributed by atoms with E-state index >= 15 is 0 Å². The molecule has 4 heteroatoms. The Morgan fingerprint density at radius 3 is 2.63 bits per heavy atom. The second-order valence-corrected chi connectivity index (χ2v) is 7.75. The van der Waals surface area contributed by atoms with Gasteiger partial charge in [0.15, 0.2) is 0 Å². The maximum atomic E-state index is 13.3. The Morgan fingerprint density at radius 1 is 1.04 bits per heavy atom. The van der Waals surface area contributed by atoms with E-state index < -0.39 is 0 Å². The monoisotopic (exact) mass is 374 g/mol. The van der Waals surface area contributed by atoms with Crippen molar-refractivity contribution in [1.29, 1.82) is 0 Å². The summed E-state index contributed by atoms with van der Waals surface area (Å²) in [5.74, 6) is 0.0432. The van der Waals surface area contributed by atoms with Gasteiger partial charge in [-0.05, 0) is 55.7 Å². The van der Waals surface area contributed by atoms with Crippen molar-refractivity contribution in [3.8, 4) is 0 Å². The smallest absolute Gasteiger partial charge is 0.268 e. The molecular formula is C23H22N2OS. The highest BCUT2D eigenvalue weighted by Crippen LogP contribution is 2.30. The number of para-hydroxylation sites is 1. The molecular weight excluding hydrogens is 352 g/mol. The zero-order valence-corrected chi connectivity index (χ0v) is 16.6. The van der Waals surface area contributed by atoms with Gasteiger partial charge in [-0.3, -0.25) is 4.79 Å². The summed E-state index contributed by atoms with van der Waals surface area (Å²) >= 11 is 1.48. The molecule has 27 heavy (non-hydrogen) atoms. The van der Waals surface area contributed by atoms with Crippen LogP contribution < -0.4 is 4.90 Å². The number of anilines is 1. The van der Waals surface area contributed by atoms with Crippen LogP contribution in [0.5, 0.6) is 0 Å². The van der Waals surface area contributed by atoms with Gasteiger partial charge < -0.3 is 4.90 Å². The lowest BCUT2D eigenvalue weighted by Gasteiger charge is -2.23. The van der Waals surface area contributed by atoms with Crippen LogP contribution in [0.4, 0.5) is 5.69 Å². The van der Waals surface area contributed by atoms with Crippen molar-refractivity contribution in [1.82, 2.24) is 4.98 Å². The summed E-state index contributed by atoms with van der Waals surface area (Å²) in [6.45, 7) is 6.85. The minimum atomic E-state index is 0.0432. The van der Waals surface area contributed by atoms with E-state index in [1.54, 1.807) is 0 Å². The first kappa shape index (κ1) is 17.7. The Labute approximate surface area is 163 Å². The van der Waals surface area contributed by atoms with Gasteiger partial charge in [0, 0.05) is 23.0 Å². The molecule has 0 N–H and O–H groups in total. The third kappa shape index (κ3) is 3.21. The lowest BCUT2D eigenvalue weighted by atomic mass is 10.1. The zero-order valence-electron chi connectivity index (χ0n) is 15.8. The van der Waals surface area contributed by atoms with Crippen LogP contribution in [0.3, 0.4) is 0 Å². The first-order valence-corrected chi connectivity index (χ1v) is 10.1. The van der Waals surface area contributed by atoms with Crippen molar-refractivity contribution in [2.75, 3.05) is 11.4 Å². The number of benzene rings is 2. The summed E-state index contributed by atoms with van der Waals surface area (Å²) in [4.78, 5) is 21.6. The molecule has 0 saturated heterocycles. The van der Waals surface area contributed by atoms with E-state index in [2.05, 4.69) is 44.2 Å². The Kier molecular flexibility index (Phi) is 4.66. The number of rotatable bonds is 4. The van der Waals surface area contributed by atoms with E-state index in [-0.39, 0.29) is 5.91 Å². The minimum Gasteiger partial charge on any atom is -0.308 e. The molecule has 136 valence electrons. The topological polar surface area (TPSA) is 33.2 Å². The van der Waals surface area contributed by atoms with Gasteiger partial charge in [0.25, 0.3) is 5.91 Å². The molecule has 4 aromatic rings. The Hall–Kier alpha value is -2.72. The van der Waals surface area contributed by atoms with E-state index in [9.17, 15) is 4.79 Å². The summed E-state index contributed by atoms with van der Waals surface area (Å²) in [5.41, 5.74) is 4.36. The first-order valence-electron chi connectivity index (χ1n) is 9.31. The molecule has 0 aliphatic heterocycles. The van der Waals surface area contributed by atoms with Gasteiger partial charge in [-0.2, -0.15) is 0 Å². The fraction of sp³-hybridized carbons (Fsp3) is 0.217. The van der Waals surface area contributed by atoms with Gasteiger partial charge in [0.1, 0.15) is 4.83 Å². The second kappa shape index (κ2) is 7.12. The van der Waals surface area contributed by atoms with Crippen molar-refractivity contribution in [3.63, 3.8) is 0 Å². The average Bonchev–Trinajstić information content (AvgIpc) is 3.10. The number of nitrogens with zero attached hydrogens (tertiary/aromatic N) is 2. The number of aryl methyl sites for hydroxylation is 2. The van der Waals surface area contributed by atoms with Crippen LogP contribution in [0.2, 0.25) is 0 Å². The molecule has 0 radical (unpaired) electrons. The van der Waals surface area contributed by atoms with Crippen LogP contribution in [0.25, 0.3) is 21.1 Å². The van der Waals surface area contributed by atoms with E-state index in [0.717, 1.165) is 38.1 Å². The number of thiophene rings is 1. The SMILES string of the molecule is CCc1ccccc1N(CC)C(=O)c1cc2cc3ccc(C)cc3nc2s1. The molecule has 0 fully saturated rings. The molecule has 0 aliphatic carbocycles. The number of amides is 1. The van der Waals surface area contributed by atoms with E-state index in [1.165, 1.54) is 22.5 Å². The standard InChI is InChI=1S/C23H22N2OS/c1-4-16-8-6-7-9-20(16)25(5-2)23(26)21-14-18-13-17-11-10-15(3)12-19(17)24-22(18)27-21/h6-14H,4-5H2,1-3H3. The number of fused-ring (bicyclic) bond motifs is 2. The molecule has 2 heterocycles. The van der Waals surface area contributed by atoms with Crippen molar-refractivity contribution < 1.29 is 4.79 Å². The molecule has 0 bridgehead atoms. The van der Waals surface area contributed by atoms with Crippen LogP contribution in [-0.2, 0) is 6.42 Å². The molecule has 0 atom stereocenters. The molecule has 0 unspecified atom stereocenters. The van der Waals surface area contributed by atoms with Gasteiger partial charge in [-0.25, -0.2) is 4.98 Å². The molecule has 4 rings (SSSR count). The van der Waals surface area contributed by atoms with Gasteiger partial charge >= 0.3 is 0 Å². The number of carbonyl (C=O) groups excluding carboxylic acids is 1. The molecule has 1 amide bonds. The number of hydrogen-bond donors (Lipinski definition) is 0. The lowest BCUT2D eigenvalue weighted by molar-refractivity contribution is 0.0992. The predicted octanol–water partition coefficient (Wildman–Crippen LogP) is 5.99. The van der Waals surface area contributed by atoms with Gasteiger partial charge in [-0.1, -0.05) is 37.3 Å². The van der Waals surface area contributed by atoms with E-state index in [0.29, 0.717) is 6.54 Å². The van der Waals surface area contributed by atoms with Crippen LogP contribution in [0.1, 0.15) is 34.6 Å². The number of pyridine rings is 1. The maximum absolute atomic E-state index is 13.3. The molecule has 0 spiro atoms. The summed E-state index contributed by atoms with van der Waals surface area (Å²) in [5, 5.41) is 2.13. The van der Waals surface area contributed by atoms with Crippen molar-refractivity contribution in [2.24, 2.45) is 0 Å². The summed E-state index contributed by atoms with van der Waals surface area (Å²) in [6.07, 6.45) is 0.901. The molecule has 0 aliphatic rings. The number of aromatic nitrogens is 1. The fourth-order valence-electron chi connectivity index (χ4n) is 3.47. The molecule has 2 aromatic carbocycles. The van der Waals surface area contributed by atoms with Gasteiger partial charge in [-0.15, -0.1) is 11.3 Å². The number of carbonyl (C=O) groups is 1. The van der Waals surface area contributed by atoms with Crippen LogP contribution in [0, 0.1) is 6.92 Å². The Morgan fingerprint density at radius 2 is 1.85 bits per heavy atom. The van der Waals surface area contributed by atoms with Crippen molar-refractivity contribution in [3.05, 3.63) is 70.6 Å². The molecule has 3 nitrogen and oxygen atoms in total. The Balaban J connectivity index is 1.78. The zero-order chi connectivity index (χ0) is 19.0. The first-order chi connectivity index (χ1) is 13.1. The van der Waals surface area contributed by atoms with Crippen LogP contribution >= 0.6 is 11.3 Å². The van der Waals surface area contributed by atoms with Crippen molar-refractivity contribution in [2.45, 2.75) is 27.2 Å². The predicted molar refractivity (Wildman–Crippen MR) is 115 cm³/mol. The fourth-order valence-corrected chi connectivity index (χ4v) is 4.44. The highest BCUT2D eigenvalue weighted by molar-refractivity contribution is 7.20. The van der Waals surface area contributed by atoms with Crippen LogP contribution in [0.15, 0.2) is 54.6 Å². The molecule has 0 saturated carbocycles. The summed E-state index contributed by atoms with van der Waals surface area (Å²) < 4.78 is 0. The summed E-state index contributed by atoms with van der Waals surface area (Å²) in [6, 6.07) is 18.5. The Bertz CT molecular complexity index is 1150. The third-order valence-electron chi connectivity index (χ3n) is 4.89. The van der Waals surface area contributed by atoms with Gasteiger partial charge in [0.05, 0.1) is 10.4 Å². The highest BCUT2D eigenvalue weighted by atomic mass is 32.1. The van der Waals surface area contributed by atoms with E-state index in [1.807, 2.05) is 36.1 Å². The second-order valence-electron chi connectivity index (χ2n) is 6.72. The van der Waals surface area contributed by atoms with E-state index in [4.69, 9.17) is 4.98 Å².